The van der Waals surface area contributed by atoms with Crippen molar-refractivity contribution in [2.45, 2.75) is 36.6 Å². The molecule has 1 atom stereocenters. The first-order valence-electron chi connectivity index (χ1n) is 9.70. The molecule has 146 valence electrons. The van der Waals surface area contributed by atoms with E-state index in [0.717, 1.165) is 30.3 Å². The van der Waals surface area contributed by atoms with Crippen molar-refractivity contribution in [2.75, 3.05) is 0 Å². The standard InChI is InChI=1S/C22H20N4O2S/c1-13(19(27)16-11-10-14-6-5-7-15(14)12-16)29-22-24-23-21-25(2)20(28)17-8-3-4-9-18(17)26(21)22/h3-4,8-13H,5-7H2,1-2H3. The van der Waals surface area contributed by atoms with Gasteiger partial charge in [-0.05, 0) is 55.5 Å². The molecule has 5 rings (SSSR count). The van der Waals surface area contributed by atoms with Gasteiger partial charge in [-0.3, -0.25) is 18.6 Å². The average Bonchev–Trinajstić information content (AvgIpc) is 3.38. The Labute approximate surface area is 171 Å². The minimum atomic E-state index is -0.321. The van der Waals surface area contributed by atoms with Crippen LogP contribution in [0.2, 0.25) is 0 Å². The molecule has 2 heterocycles. The molecule has 1 aliphatic rings. The van der Waals surface area contributed by atoms with Crippen LogP contribution in [0.1, 0.15) is 34.8 Å². The van der Waals surface area contributed by atoms with Gasteiger partial charge in [0.15, 0.2) is 10.9 Å². The summed E-state index contributed by atoms with van der Waals surface area (Å²) in [5.74, 6) is 0.545. The minimum Gasteiger partial charge on any atom is -0.293 e. The lowest BCUT2D eigenvalue weighted by molar-refractivity contribution is 0.0994. The summed E-state index contributed by atoms with van der Waals surface area (Å²) in [4.78, 5) is 25.6. The largest absolute Gasteiger partial charge is 0.293 e. The highest BCUT2D eigenvalue weighted by atomic mass is 32.2. The first-order chi connectivity index (χ1) is 14.0. The van der Waals surface area contributed by atoms with Crippen molar-refractivity contribution in [1.82, 2.24) is 19.2 Å². The lowest BCUT2D eigenvalue weighted by Crippen LogP contribution is -2.20. The van der Waals surface area contributed by atoms with E-state index < -0.39 is 0 Å². The van der Waals surface area contributed by atoms with Crippen molar-refractivity contribution in [3.63, 3.8) is 0 Å². The molecule has 0 aliphatic heterocycles. The van der Waals surface area contributed by atoms with Crippen LogP contribution in [0.25, 0.3) is 16.7 Å². The van der Waals surface area contributed by atoms with Crippen LogP contribution in [-0.4, -0.2) is 30.2 Å². The summed E-state index contributed by atoms with van der Waals surface area (Å²) in [6.45, 7) is 1.89. The van der Waals surface area contributed by atoms with E-state index in [1.807, 2.05) is 41.7 Å². The Kier molecular flexibility index (Phi) is 4.28. The van der Waals surface area contributed by atoms with Crippen LogP contribution in [-0.2, 0) is 19.9 Å². The molecule has 7 heteroatoms. The molecule has 29 heavy (non-hydrogen) atoms. The molecule has 6 nitrogen and oxygen atoms in total. The van der Waals surface area contributed by atoms with Crippen molar-refractivity contribution < 1.29 is 4.79 Å². The predicted octanol–water partition coefficient (Wildman–Crippen LogP) is 3.43. The van der Waals surface area contributed by atoms with Gasteiger partial charge >= 0.3 is 0 Å². The van der Waals surface area contributed by atoms with Crippen LogP contribution in [0.15, 0.2) is 52.4 Å². The third-order valence-electron chi connectivity index (χ3n) is 5.63. The molecule has 2 aromatic heterocycles. The molecule has 4 aromatic rings. The van der Waals surface area contributed by atoms with Gasteiger partial charge in [-0.15, -0.1) is 10.2 Å². The third kappa shape index (κ3) is 2.88. The van der Waals surface area contributed by atoms with Gasteiger partial charge in [0, 0.05) is 12.6 Å². The van der Waals surface area contributed by atoms with Crippen molar-refractivity contribution >= 4 is 34.2 Å². The highest BCUT2D eigenvalue weighted by Crippen LogP contribution is 2.28. The second-order valence-electron chi connectivity index (χ2n) is 7.46. The van der Waals surface area contributed by atoms with Crippen LogP contribution in [0, 0.1) is 0 Å². The number of hydrogen-bond donors (Lipinski definition) is 0. The lowest BCUT2D eigenvalue weighted by atomic mass is 10.0. The van der Waals surface area contributed by atoms with Crippen molar-refractivity contribution in [1.29, 1.82) is 0 Å². The Morgan fingerprint density at radius 1 is 1.10 bits per heavy atom. The summed E-state index contributed by atoms with van der Waals surface area (Å²) in [6.07, 6.45) is 3.31. The zero-order chi connectivity index (χ0) is 20.1. The lowest BCUT2D eigenvalue weighted by Gasteiger charge is -2.12. The molecule has 1 aliphatic carbocycles. The predicted molar refractivity (Wildman–Crippen MR) is 114 cm³/mol. The maximum absolute atomic E-state index is 13.1. The summed E-state index contributed by atoms with van der Waals surface area (Å²) in [5.41, 5.74) is 4.03. The summed E-state index contributed by atoms with van der Waals surface area (Å²) >= 11 is 1.37. The Hall–Kier alpha value is -2.93. The highest BCUT2D eigenvalue weighted by molar-refractivity contribution is 8.00. The number of fused-ring (bicyclic) bond motifs is 4. The molecular formula is C22H20N4O2S. The fraction of sp³-hybridized carbons (Fsp3) is 0.273. The average molecular weight is 404 g/mol. The van der Waals surface area contributed by atoms with Crippen LogP contribution in [0.3, 0.4) is 0 Å². The second kappa shape index (κ2) is 6.84. The first-order valence-corrected chi connectivity index (χ1v) is 10.6. The number of aromatic nitrogens is 4. The van der Waals surface area contributed by atoms with Gasteiger partial charge in [-0.2, -0.15) is 0 Å². The van der Waals surface area contributed by atoms with E-state index in [2.05, 4.69) is 16.3 Å². The molecule has 2 aromatic carbocycles. The van der Waals surface area contributed by atoms with Crippen LogP contribution in [0.4, 0.5) is 0 Å². The van der Waals surface area contributed by atoms with E-state index in [1.54, 1.807) is 13.1 Å². The van der Waals surface area contributed by atoms with E-state index in [9.17, 15) is 9.59 Å². The number of hydrogen-bond acceptors (Lipinski definition) is 5. The van der Waals surface area contributed by atoms with Crippen molar-refractivity contribution in [3.05, 3.63) is 69.5 Å². The van der Waals surface area contributed by atoms with Gasteiger partial charge < -0.3 is 0 Å². The maximum atomic E-state index is 13.1. The number of nitrogens with zero attached hydrogens (tertiary/aromatic N) is 4. The number of ketones is 1. The Morgan fingerprint density at radius 3 is 2.76 bits per heavy atom. The smallest absolute Gasteiger partial charge is 0.262 e. The second-order valence-corrected chi connectivity index (χ2v) is 8.77. The molecule has 0 fully saturated rings. The van der Waals surface area contributed by atoms with Gasteiger partial charge in [-0.25, -0.2) is 0 Å². The van der Waals surface area contributed by atoms with Crippen molar-refractivity contribution in [3.8, 4) is 0 Å². The van der Waals surface area contributed by atoms with Crippen LogP contribution >= 0.6 is 11.8 Å². The molecular weight excluding hydrogens is 384 g/mol. The molecule has 0 amide bonds. The number of rotatable bonds is 4. The summed E-state index contributed by atoms with van der Waals surface area (Å²) < 4.78 is 3.35. The van der Waals surface area contributed by atoms with Gasteiger partial charge in [0.25, 0.3) is 5.56 Å². The normalized spacial score (nSPS) is 14.4. The molecule has 0 saturated carbocycles. The number of benzene rings is 2. The van der Waals surface area contributed by atoms with Crippen LogP contribution < -0.4 is 5.56 Å². The number of carbonyl (C=O) groups is 1. The number of Topliss-reactive ketones (excluding diaryl/α,β-unsaturated/α-hetero) is 1. The van der Waals surface area contributed by atoms with Gasteiger partial charge in [0.1, 0.15) is 0 Å². The maximum Gasteiger partial charge on any atom is 0.262 e. The molecule has 0 N–H and O–H groups in total. The molecule has 0 spiro atoms. The van der Waals surface area contributed by atoms with E-state index in [-0.39, 0.29) is 16.6 Å². The summed E-state index contributed by atoms with van der Waals surface area (Å²) in [6, 6.07) is 13.5. The SMILES string of the molecule is CC(Sc1nnc2n(C)c(=O)c3ccccc3n12)C(=O)c1ccc2c(c1)CCC2. The van der Waals surface area contributed by atoms with Gasteiger partial charge in [0.05, 0.1) is 16.2 Å². The van der Waals surface area contributed by atoms with E-state index >= 15 is 0 Å². The van der Waals surface area contributed by atoms with Crippen molar-refractivity contribution in [2.24, 2.45) is 7.05 Å². The van der Waals surface area contributed by atoms with Gasteiger partial charge in [0.2, 0.25) is 5.78 Å². The number of thioether (sulfide) groups is 1. The molecule has 0 radical (unpaired) electrons. The zero-order valence-corrected chi connectivity index (χ0v) is 17.1. The summed E-state index contributed by atoms with van der Waals surface area (Å²) in [7, 11) is 1.69. The monoisotopic (exact) mass is 404 g/mol. The quantitative estimate of drug-likeness (QED) is 0.385. The topological polar surface area (TPSA) is 69.3 Å². The fourth-order valence-electron chi connectivity index (χ4n) is 4.06. The molecule has 0 bridgehead atoms. The Bertz CT molecular complexity index is 1340. The van der Waals surface area contributed by atoms with E-state index in [4.69, 9.17) is 0 Å². The highest BCUT2D eigenvalue weighted by Gasteiger charge is 2.23. The number of carbonyl (C=O) groups excluding carboxylic acids is 1. The molecule has 1 unspecified atom stereocenters. The van der Waals surface area contributed by atoms with Gasteiger partial charge in [-0.1, -0.05) is 36.0 Å². The minimum absolute atomic E-state index is 0.0792. The van der Waals surface area contributed by atoms with E-state index in [0.29, 0.717) is 16.3 Å². The zero-order valence-electron chi connectivity index (χ0n) is 16.3. The number of para-hydroxylation sites is 1. The Balaban J connectivity index is 1.53. The number of aryl methyl sites for hydroxylation is 3. The summed E-state index contributed by atoms with van der Waals surface area (Å²) in [5, 5.41) is 9.37. The first kappa shape index (κ1) is 18.1. The molecule has 0 saturated heterocycles. The Morgan fingerprint density at radius 2 is 1.90 bits per heavy atom. The third-order valence-corrected chi connectivity index (χ3v) is 6.67. The van der Waals surface area contributed by atoms with E-state index in [1.165, 1.54) is 27.5 Å². The van der Waals surface area contributed by atoms with Crippen LogP contribution in [0.5, 0.6) is 0 Å². The fourth-order valence-corrected chi connectivity index (χ4v) is 4.99.